The summed E-state index contributed by atoms with van der Waals surface area (Å²) in [7, 11) is 0. The van der Waals surface area contributed by atoms with Gasteiger partial charge in [-0.25, -0.2) is 0 Å². The Kier molecular flexibility index (Phi) is 0.787. The Morgan fingerprint density at radius 2 is 2.50 bits per heavy atom. The van der Waals surface area contributed by atoms with E-state index in [1.54, 1.807) is 5.57 Å². The van der Waals surface area contributed by atoms with Crippen molar-refractivity contribution in [2.75, 3.05) is 6.61 Å². The SMILES string of the molecule is CC1=C[C@@H]2[C@@H]3C[C@H]4CCO[C@@]23[C@@H]14. The molecule has 0 aromatic carbocycles. The standard InChI is InChI=1S/C11H14O/c1-6-4-8-9-5-7-2-3-12-11(8,9)10(6)7/h4,7-10H,2-3,5H2,1H3/t7-,8-,9+,10+,11+/m1/s1. The number of ether oxygens (including phenoxy) is 1. The minimum atomic E-state index is 0.368. The van der Waals surface area contributed by atoms with Crippen molar-refractivity contribution < 1.29 is 4.74 Å². The molecule has 12 heavy (non-hydrogen) atoms. The molecule has 2 bridgehead atoms. The van der Waals surface area contributed by atoms with Crippen molar-refractivity contribution in [3.63, 3.8) is 0 Å². The zero-order chi connectivity index (χ0) is 7.92. The second-order valence-corrected chi connectivity index (χ2v) is 5.01. The smallest absolute Gasteiger partial charge is 0.0850 e. The van der Waals surface area contributed by atoms with Crippen molar-refractivity contribution in [1.29, 1.82) is 0 Å². The van der Waals surface area contributed by atoms with Crippen molar-refractivity contribution in [3.8, 4) is 0 Å². The van der Waals surface area contributed by atoms with E-state index in [1.165, 1.54) is 12.8 Å². The summed E-state index contributed by atoms with van der Waals surface area (Å²) in [5.74, 6) is 3.58. The summed E-state index contributed by atoms with van der Waals surface area (Å²) < 4.78 is 6.04. The van der Waals surface area contributed by atoms with Gasteiger partial charge in [-0.15, -0.1) is 0 Å². The van der Waals surface area contributed by atoms with Gasteiger partial charge < -0.3 is 4.74 Å². The molecule has 0 radical (unpaired) electrons. The molecule has 4 aliphatic rings. The van der Waals surface area contributed by atoms with E-state index >= 15 is 0 Å². The highest BCUT2D eigenvalue weighted by atomic mass is 16.5. The monoisotopic (exact) mass is 162 g/mol. The molecule has 64 valence electrons. The van der Waals surface area contributed by atoms with E-state index < -0.39 is 0 Å². The molecule has 0 aromatic rings. The maximum absolute atomic E-state index is 6.04. The first kappa shape index (κ1) is 6.20. The molecule has 4 rings (SSSR count). The number of rotatable bonds is 0. The molecule has 1 heterocycles. The molecular weight excluding hydrogens is 148 g/mol. The van der Waals surface area contributed by atoms with Gasteiger partial charge in [0.2, 0.25) is 0 Å². The highest BCUT2D eigenvalue weighted by Crippen LogP contribution is 2.75. The van der Waals surface area contributed by atoms with Gasteiger partial charge in [-0.3, -0.25) is 0 Å². The molecule has 0 aromatic heterocycles. The summed E-state index contributed by atoms with van der Waals surface area (Å²) in [6.45, 7) is 3.35. The molecule has 1 nitrogen and oxygen atoms in total. The Morgan fingerprint density at radius 3 is 3.33 bits per heavy atom. The molecule has 1 saturated heterocycles. The first-order valence-electron chi connectivity index (χ1n) is 5.16. The van der Waals surface area contributed by atoms with E-state index in [1.807, 2.05) is 0 Å². The maximum atomic E-state index is 6.04. The van der Waals surface area contributed by atoms with Crippen molar-refractivity contribution in [1.82, 2.24) is 0 Å². The molecule has 0 N–H and O–H groups in total. The summed E-state index contributed by atoms with van der Waals surface area (Å²) in [6.07, 6.45) is 5.28. The maximum Gasteiger partial charge on any atom is 0.0850 e. The van der Waals surface area contributed by atoms with E-state index in [0.717, 1.165) is 30.3 Å². The molecule has 3 aliphatic carbocycles. The van der Waals surface area contributed by atoms with E-state index in [2.05, 4.69) is 13.0 Å². The summed E-state index contributed by atoms with van der Waals surface area (Å²) in [6, 6.07) is 0. The lowest BCUT2D eigenvalue weighted by Crippen LogP contribution is -2.34. The average molecular weight is 162 g/mol. The molecule has 3 fully saturated rings. The molecular formula is C11H14O. The van der Waals surface area contributed by atoms with Crippen LogP contribution in [0.1, 0.15) is 19.8 Å². The Bertz CT molecular complexity index is 293. The zero-order valence-electron chi connectivity index (χ0n) is 7.42. The highest BCUT2D eigenvalue weighted by molar-refractivity contribution is 5.42. The van der Waals surface area contributed by atoms with Gasteiger partial charge in [-0.05, 0) is 31.6 Å². The van der Waals surface area contributed by atoms with Gasteiger partial charge in [-0.1, -0.05) is 11.6 Å². The predicted molar refractivity (Wildman–Crippen MR) is 45.6 cm³/mol. The fourth-order valence-electron chi connectivity index (χ4n) is 4.41. The molecule has 1 spiro atoms. The van der Waals surface area contributed by atoms with Crippen LogP contribution < -0.4 is 0 Å². The molecule has 0 unspecified atom stereocenters. The van der Waals surface area contributed by atoms with Crippen molar-refractivity contribution in [2.24, 2.45) is 23.7 Å². The fourth-order valence-corrected chi connectivity index (χ4v) is 4.41. The van der Waals surface area contributed by atoms with Crippen LogP contribution in [0, 0.1) is 23.7 Å². The Hall–Kier alpha value is -0.300. The normalized spacial score (nSPS) is 64.6. The van der Waals surface area contributed by atoms with Crippen LogP contribution in [-0.4, -0.2) is 12.2 Å². The lowest BCUT2D eigenvalue weighted by atomic mass is 9.83. The lowest BCUT2D eigenvalue weighted by molar-refractivity contribution is -0.0444. The van der Waals surface area contributed by atoms with Crippen LogP contribution in [0.3, 0.4) is 0 Å². The average Bonchev–Trinajstić information content (AvgIpc) is 2.43. The van der Waals surface area contributed by atoms with Crippen molar-refractivity contribution >= 4 is 0 Å². The Labute approximate surface area is 72.8 Å². The third-order valence-corrected chi connectivity index (χ3v) is 4.71. The number of fused-ring (bicyclic) bond motifs is 1. The van der Waals surface area contributed by atoms with Crippen LogP contribution in [-0.2, 0) is 4.74 Å². The second kappa shape index (κ2) is 1.52. The van der Waals surface area contributed by atoms with Gasteiger partial charge in [0.25, 0.3) is 0 Å². The van der Waals surface area contributed by atoms with Gasteiger partial charge in [0.05, 0.1) is 5.60 Å². The predicted octanol–water partition coefficient (Wildman–Crippen LogP) is 1.99. The quantitative estimate of drug-likeness (QED) is 0.495. The topological polar surface area (TPSA) is 9.23 Å². The van der Waals surface area contributed by atoms with E-state index in [9.17, 15) is 0 Å². The third-order valence-electron chi connectivity index (χ3n) is 4.71. The molecule has 5 atom stereocenters. The fraction of sp³-hybridized carbons (Fsp3) is 0.818. The Morgan fingerprint density at radius 1 is 1.58 bits per heavy atom. The Balaban J connectivity index is 1.91. The van der Waals surface area contributed by atoms with Crippen LogP contribution in [0.25, 0.3) is 0 Å². The zero-order valence-corrected chi connectivity index (χ0v) is 7.42. The van der Waals surface area contributed by atoms with Crippen LogP contribution in [0.2, 0.25) is 0 Å². The van der Waals surface area contributed by atoms with Gasteiger partial charge in [-0.2, -0.15) is 0 Å². The summed E-state index contributed by atoms with van der Waals surface area (Å²) in [5.41, 5.74) is 2.01. The molecule has 1 aliphatic heterocycles. The van der Waals surface area contributed by atoms with E-state index in [4.69, 9.17) is 4.74 Å². The van der Waals surface area contributed by atoms with E-state index in [0.29, 0.717) is 5.60 Å². The second-order valence-electron chi connectivity index (χ2n) is 5.01. The van der Waals surface area contributed by atoms with E-state index in [-0.39, 0.29) is 0 Å². The molecule has 1 heteroatoms. The largest absolute Gasteiger partial charge is 0.373 e. The first-order valence-corrected chi connectivity index (χ1v) is 5.16. The number of hydrogen-bond acceptors (Lipinski definition) is 1. The lowest BCUT2D eigenvalue weighted by Gasteiger charge is -2.32. The van der Waals surface area contributed by atoms with Gasteiger partial charge in [0.15, 0.2) is 0 Å². The van der Waals surface area contributed by atoms with Crippen molar-refractivity contribution in [3.05, 3.63) is 11.6 Å². The van der Waals surface area contributed by atoms with Crippen LogP contribution in [0.5, 0.6) is 0 Å². The minimum absolute atomic E-state index is 0.368. The number of hydrogen-bond donors (Lipinski definition) is 0. The van der Waals surface area contributed by atoms with Gasteiger partial charge in [0, 0.05) is 18.4 Å². The van der Waals surface area contributed by atoms with Crippen LogP contribution in [0.4, 0.5) is 0 Å². The highest BCUT2D eigenvalue weighted by Gasteiger charge is 2.78. The first-order chi connectivity index (χ1) is 5.84. The van der Waals surface area contributed by atoms with Gasteiger partial charge >= 0.3 is 0 Å². The van der Waals surface area contributed by atoms with Crippen LogP contribution in [0.15, 0.2) is 11.6 Å². The molecule has 0 amide bonds. The summed E-state index contributed by atoms with van der Waals surface area (Å²) in [5, 5.41) is 0. The minimum Gasteiger partial charge on any atom is -0.373 e. The van der Waals surface area contributed by atoms with Gasteiger partial charge in [0.1, 0.15) is 0 Å². The van der Waals surface area contributed by atoms with Crippen molar-refractivity contribution in [2.45, 2.75) is 25.4 Å². The summed E-state index contributed by atoms with van der Waals surface area (Å²) in [4.78, 5) is 0. The third kappa shape index (κ3) is 0.403. The summed E-state index contributed by atoms with van der Waals surface area (Å²) >= 11 is 0. The van der Waals surface area contributed by atoms with Crippen LogP contribution >= 0.6 is 0 Å². The molecule has 2 saturated carbocycles.